The fraction of sp³-hybridized carbons (Fsp3) is 1.00. The van der Waals surface area contributed by atoms with Crippen LogP contribution in [0.1, 0.15) is 20.3 Å². The van der Waals surface area contributed by atoms with Gasteiger partial charge in [-0.3, -0.25) is 4.90 Å². The third-order valence-electron chi connectivity index (χ3n) is 2.72. The molecular formula is C8H18N2. The van der Waals surface area contributed by atoms with Gasteiger partial charge in [-0.25, -0.2) is 0 Å². The van der Waals surface area contributed by atoms with E-state index in [1.54, 1.807) is 0 Å². The largest absolute Gasteiger partial charge is 0.317 e. The van der Waals surface area contributed by atoms with E-state index in [1.165, 1.54) is 6.42 Å². The summed E-state index contributed by atoms with van der Waals surface area (Å²) >= 11 is 0. The van der Waals surface area contributed by atoms with E-state index < -0.39 is 0 Å². The molecule has 1 N–H and O–H groups in total. The van der Waals surface area contributed by atoms with Gasteiger partial charge in [-0.2, -0.15) is 0 Å². The highest BCUT2D eigenvalue weighted by Gasteiger charge is 2.40. The quantitative estimate of drug-likeness (QED) is 0.583. The summed E-state index contributed by atoms with van der Waals surface area (Å²) in [5.41, 5.74) is 0. The second-order valence-electron chi connectivity index (χ2n) is 3.40. The lowest BCUT2D eigenvalue weighted by Crippen LogP contribution is -2.23. The molecule has 0 aromatic rings. The molecule has 0 saturated carbocycles. The van der Waals surface area contributed by atoms with Gasteiger partial charge < -0.3 is 5.32 Å². The van der Waals surface area contributed by atoms with E-state index in [4.69, 9.17) is 0 Å². The molecule has 2 nitrogen and oxygen atoms in total. The van der Waals surface area contributed by atoms with Gasteiger partial charge in [0.15, 0.2) is 0 Å². The lowest BCUT2D eigenvalue weighted by molar-refractivity contribution is 0.501. The Labute approximate surface area is 63.6 Å². The fourth-order valence-electron chi connectivity index (χ4n) is 1.42. The smallest absolute Gasteiger partial charge is 0.0264 e. The van der Waals surface area contributed by atoms with E-state index in [-0.39, 0.29) is 0 Å². The third-order valence-corrected chi connectivity index (χ3v) is 2.72. The van der Waals surface area contributed by atoms with Crippen LogP contribution in [-0.4, -0.2) is 37.1 Å². The number of nitrogens with zero attached hydrogens (tertiary/aromatic N) is 1. The topological polar surface area (TPSA) is 15.0 Å². The molecule has 1 aliphatic heterocycles. The van der Waals surface area contributed by atoms with Gasteiger partial charge in [-0.15, -0.1) is 0 Å². The Morgan fingerprint density at radius 2 is 2.10 bits per heavy atom. The summed E-state index contributed by atoms with van der Waals surface area (Å²) in [7, 11) is 4.22. The van der Waals surface area contributed by atoms with Crippen LogP contribution in [-0.2, 0) is 0 Å². The van der Waals surface area contributed by atoms with E-state index >= 15 is 0 Å². The van der Waals surface area contributed by atoms with Gasteiger partial charge >= 0.3 is 0 Å². The lowest BCUT2D eigenvalue weighted by Gasteiger charge is -2.07. The fourth-order valence-corrected chi connectivity index (χ4v) is 1.42. The van der Waals surface area contributed by atoms with Gasteiger partial charge in [0.05, 0.1) is 0 Å². The minimum absolute atomic E-state index is 0.664. The highest BCUT2D eigenvalue weighted by Crippen LogP contribution is 2.28. The molecule has 0 aromatic carbocycles. The lowest BCUT2D eigenvalue weighted by atomic mass is 10.1. The summed E-state index contributed by atoms with van der Waals surface area (Å²) in [6.07, 6.45) is 1.29. The predicted octanol–water partition coefficient (Wildman–Crippen LogP) is 0.687. The zero-order valence-electron chi connectivity index (χ0n) is 7.39. The van der Waals surface area contributed by atoms with Crippen LogP contribution < -0.4 is 5.32 Å². The van der Waals surface area contributed by atoms with Gasteiger partial charge in [-0.05, 0) is 34.4 Å². The van der Waals surface area contributed by atoms with E-state index in [1.807, 2.05) is 7.05 Å². The van der Waals surface area contributed by atoms with E-state index in [0.717, 1.165) is 12.1 Å². The first-order valence-electron chi connectivity index (χ1n) is 4.06. The van der Waals surface area contributed by atoms with Crippen LogP contribution in [0.5, 0.6) is 0 Å². The van der Waals surface area contributed by atoms with Crippen LogP contribution >= 0.6 is 0 Å². The van der Waals surface area contributed by atoms with Gasteiger partial charge in [0.25, 0.3) is 0 Å². The Hall–Kier alpha value is -0.0800. The van der Waals surface area contributed by atoms with Gasteiger partial charge in [0.1, 0.15) is 0 Å². The van der Waals surface area contributed by atoms with Gasteiger partial charge in [-0.1, -0.05) is 0 Å². The summed E-state index contributed by atoms with van der Waals surface area (Å²) < 4.78 is 0. The Bertz CT molecular complexity index is 106. The second-order valence-corrected chi connectivity index (χ2v) is 3.40. The van der Waals surface area contributed by atoms with E-state index in [2.05, 4.69) is 31.1 Å². The van der Waals surface area contributed by atoms with Crippen molar-refractivity contribution < 1.29 is 0 Å². The van der Waals surface area contributed by atoms with Crippen molar-refractivity contribution in [3.05, 3.63) is 0 Å². The molecule has 0 aliphatic carbocycles. The average molecular weight is 142 g/mol. The van der Waals surface area contributed by atoms with Gasteiger partial charge in [0, 0.05) is 18.1 Å². The molecule has 10 heavy (non-hydrogen) atoms. The predicted molar refractivity (Wildman–Crippen MR) is 44.2 cm³/mol. The van der Waals surface area contributed by atoms with Crippen molar-refractivity contribution in [1.29, 1.82) is 0 Å². The van der Waals surface area contributed by atoms with Crippen molar-refractivity contribution >= 4 is 0 Å². The molecule has 4 atom stereocenters. The first-order chi connectivity index (χ1) is 4.66. The number of nitrogens with one attached hydrogen (secondary N) is 1. The molecule has 1 heterocycles. The van der Waals surface area contributed by atoms with Crippen LogP contribution in [0.2, 0.25) is 0 Å². The van der Waals surface area contributed by atoms with Crippen LogP contribution in [0.25, 0.3) is 0 Å². The number of rotatable bonds is 3. The average Bonchev–Trinajstić information content (AvgIpc) is 2.45. The minimum Gasteiger partial charge on any atom is -0.317 e. The molecule has 4 unspecified atom stereocenters. The molecule has 60 valence electrons. The zero-order valence-corrected chi connectivity index (χ0v) is 7.39. The maximum absolute atomic E-state index is 3.25. The molecule has 0 radical (unpaired) electrons. The molecule has 0 spiro atoms. The van der Waals surface area contributed by atoms with Crippen LogP contribution in [0.15, 0.2) is 0 Å². The summed E-state index contributed by atoms with van der Waals surface area (Å²) in [6, 6.07) is 2.32. The Kier molecular flexibility index (Phi) is 2.32. The van der Waals surface area contributed by atoms with Crippen molar-refractivity contribution in [2.75, 3.05) is 14.1 Å². The number of likely N-dealkylation sites (N-methyl/N-ethyl adjacent to an activating group) is 1. The third kappa shape index (κ3) is 1.50. The summed E-state index contributed by atoms with van der Waals surface area (Å²) in [5.74, 6) is 0. The molecule has 1 aliphatic rings. The second kappa shape index (κ2) is 2.89. The standard InChI is InChI=1S/C8H18N2/c1-6(9-3)5-8-7(2)10(8)4/h6-9H,5H2,1-4H3. The molecule has 1 fully saturated rings. The zero-order chi connectivity index (χ0) is 7.72. The first-order valence-corrected chi connectivity index (χ1v) is 4.06. The van der Waals surface area contributed by atoms with Crippen molar-refractivity contribution in [3.8, 4) is 0 Å². The highest BCUT2D eigenvalue weighted by molar-refractivity contribution is 4.97. The molecule has 0 amide bonds. The summed E-state index contributed by atoms with van der Waals surface area (Å²) in [5, 5.41) is 3.25. The van der Waals surface area contributed by atoms with Crippen molar-refractivity contribution in [2.24, 2.45) is 0 Å². The Balaban J connectivity index is 2.16. The monoisotopic (exact) mass is 142 g/mol. The molecule has 2 heteroatoms. The first kappa shape index (κ1) is 8.02. The normalized spacial score (nSPS) is 41.4. The molecule has 0 aromatic heterocycles. The van der Waals surface area contributed by atoms with Crippen molar-refractivity contribution in [1.82, 2.24) is 10.2 Å². The van der Waals surface area contributed by atoms with Crippen molar-refractivity contribution in [2.45, 2.75) is 38.4 Å². The Morgan fingerprint density at radius 1 is 1.60 bits per heavy atom. The maximum atomic E-state index is 3.25. The number of hydrogen-bond acceptors (Lipinski definition) is 2. The SMILES string of the molecule is CNC(C)CC1C(C)N1C. The van der Waals surface area contributed by atoms with Crippen molar-refractivity contribution in [3.63, 3.8) is 0 Å². The molecule has 1 rings (SSSR count). The van der Waals surface area contributed by atoms with E-state index in [0.29, 0.717) is 6.04 Å². The molecular weight excluding hydrogens is 124 g/mol. The number of hydrogen-bond donors (Lipinski definition) is 1. The highest BCUT2D eigenvalue weighted by atomic mass is 15.3. The van der Waals surface area contributed by atoms with Crippen LogP contribution in [0, 0.1) is 0 Å². The maximum Gasteiger partial charge on any atom is 0.0264 e. The molecule has 1 saturated heterocycles. The van der Waals surface area contributed by atoms with Gasteiger partial charge in [0.2, 0.25) is 0 Å². The van der Waals surface area contributed by atoms with E-state index in [9.17, 15) is 0 Å². The van der Waals surface area contributed by atoms with Crippen LogP contribution in [0.4, 0.5) is 0 Å². The molecule has 0 bridgehead atoms. The minimum atomic E-state index is 0.664. The summed E-state index contributed by atoms with van der Waals surface area (Å²) in [4.78, 5) is 2.41. The summed E-state index contributed by atoms with van der Waals surface area (Å²) in [6.45, 7) is 4.52. The Morgan fingerprint density at radius 3 is 2.40 bits per heavy atom. The van der Waals surface area contributed by atoms with Crippen LogP contribution in [0.3, 0.4) is 0 Å².